The van der Waals surface area contributed by atoms with Crippen LogP contribution in [0.2, 0.25) is 20.1 Å². The van der Waals surface area contributed by atoms with Crippen molar-refractivity contribution in [2.75, 3.05) is 46.3 Å². The molecule has 3 unspecified atom stereocenters. The van der Waals surface area contributed by atoms with Crippen LogP contribution in [0.15, 0.2) is 291 Å². The molecule has 758 valence electrons. The first kappa shape index (κ1) is 120. The number of aryl methyl sites for hydroxylation is 4. The zero-order valence-electron chi connectivity index (χ0n) is 81.4. The number of hydrogen-bond donors (Lipinski definition) is 0. The van der Waals surface area contributed by atoms with Crippen molar-refractivity contribution in [3.05, 3.63) is 361 Å². The van der Waals surface area contributed by atoms with E-state index >= 15 is 4.57 Å². The molecule has 11 aromatic carbocycles. The Morgan fingerprint density at radius 1 is 0.381 bits per heavy atom. The van der Waals surface area contributed by atoms with Gasteiger partial charge in [0.2, 0.25) is 0 Å². The average Bonchev–Trinajstić information content (AvgIpc) is 1.55. The van der Waals surface area contributed by atoms with Crippen molar-refractivity contribution >= 4 is 237 Å². The van der Waals surface area contributed by atoms with Crippen LogP contribution in [0.5, 0.6) is 0 Å². The van der Waals surface area contributed by atoms with E-state index in [1.54, 1.807) is 182 Å². The maximum atomic E-state index is 15.2. The molecule has 3 atom stereocenters. The summed E-state index contributed by atoms with van der Waals surface area (Å²) in [5.41, 5.74) is 5.75. The number of fused-ring (bicyclic) bond motifs is 4. The van der Waals surface area contributed by atoms with Gasteiger partial charge in [0, 0.05) is 65.1 Å². The molecule has 4 aromatic heterocycles. The van der Waals surface area contributed by atoms with E-state index in [0.717, 1.165) is 27.0 Å². The fourth-order valence-electron chi connectivity index (χ4n) is 15.5. The number of rotatable bonds is 28. The maximum absolute atomic E-state index is 15.2. The summed E-state index contributed by atoms with van der Waals surface area (Å²) in [7, 11) is -27.3. The van der Waals surface area contributed by atoms with Gasteiger partial charge in [0.15, 0.2) is 22.8 Å². The number of hydrogen-bond acceptors (Lipinski definition) is 25. The summed E-state index contributed by atoms with van der Waals surface area (Å²) in [6.45, 7) is 19.1. The van der Waals surface area contributed by atoms with Gasteiger partial charge in [-0.15, -0.1) is 4.52 Å². The molecule has 15 rings (SSSR count). The van der Waals surface area contributed by atoms with Crippen LogP contribution in [-0.4, -0.2) is 125 Å². The third-order valence-corrected chi connectivity index (χ3v) is 36.3. The van der Waals surface area contributed by atoms with Gasteiger partial charge in [-0.1, -0.05) is 161 Å². The number of aromatic nitrogens is 4. The molecule has 0 saturated heterocycles. The average molecular weight is 2260 g/mol. The summed E-state index contributed by atoms with van der Waals surface area (Å²) in [5.74, 6) is -3.56. The van der Waals surface area contributed by atoms with E-state index in [1.807, 2.05) is 37.3 Å². The van der Waals surface area contributed by atoms with Gasteiger partial charge in [-0.3, -0.25) is 4.57 Å². The second kappa shape index (κ2) is 52.5. The number of carbonyl (C=O) groups is 4. The van der Waals surface area contributed by atoms with Crippen LogP contribution in [0.25, 0.3) is 61.8 Å². The quantitative estimate of drug-likeness (QED) is 0.0110. The zero-order chi connectivity index (χ0) is 105. The van der Waals surface area contributed by atoms with E-state index < -0.39 is 92.2 Å². The van der Waals surface area contributed by atoms with E-state index in [2.05, 4.69) is 48.0 Å². The normalized spacial score (nSPS) is 12.3. The number of halogens is 5. The van der Waals surface area contributed by atoms with Gasteiger partial charge in [-0.2, -0.15) is 15.8 Å². The Kier molecular flexibility index (Phi) is 42.8. The Hall–Kier alpha value is -12.4. The van der Waals surface area contributed by atoms with Crippen LogP contribution in [-0.2, 0) is 81.8 Å². The van der Waals surface area contributed by atoms with Crippen molar-refractivity contribution in [2.45, 2.75) is 88.8 Å². The minimum absolute atomic E-state index is 0. The molecule has 0 bridgehead atoms. The van der Waals surface area contributed by atoms with E-state index in [-0.39, 0.29) is 172 Å². The standard InChI is InChI=1S/C29H26ClN2O6PS.C28H24ClN2O5PS.C19H18ClNO6PS.C17H13BrClNO4S.C11H11N.CH3.Li.H2O/c1-4-37-29(33)27-28(39(34,38-5-2)23-17-20(3)16-21(18-23)10-9-15-31)25-19-22(30)13-14-26(25)32(27)40(35,36)24-11-7-6-8-12-24;1-4-36-28(32)26-27(37(3,33)22-16-19(2)15-20(17-22)9-8-14-30)24-18-21(29)12-13-25(24)31(26)38(34,35)23-10-6-5-7-11-23;1-3-26-19(22)17-18(28(23)27-4-2)15-12-13(20)10-11-16(15)21(17)29(24,25)14-8-6-5-7-9-14;1-2-24-17(21)16-15(18)13-10-11(19)8-9-14(13)20(16)25(22,23)12-6-4-3-5-7-12;1-9-6-10(2)8-11(7-9)4-3-5-12;;;/h6-14,16-19H,4-5H2,1-3H3;5-13,15-18H,4H2,1-3H3;5-12H,3-4H2,1-2H3;3-10H,2H2,1H3;3-4,6-8H,1-2H3;1H3;;1H2/q;;+1;;;-1;+1;/p-1/b10-9+;9-8+;;;4-3+;;;. The summed E-state index contributed by atoms with van der Waals surface area (Å²) >= 11 is 28.1. The molecule has 0 aliphatic heterocycles. The van der Waals surface area contributed by atoms with Gasteiger partial charge < -0.3 is 40.9 Å². The number of nitrogens with zero attached hydrogens (tertiary/aromatic N) is 7. The molecule has 0 spiro atoms. The monoisotopic (exact) mass is 2250 g/mol. The molecule has 0 saturated carbocycles. The minimum Gasteiger partial charge on any atom is -0.870 e. The number of esters is 4. The molecule has 29 nitrogen and oxygen atoms in total. The first-order chi connectivity index (χ1) is 68.5. The maximum Gasteiger partial charge on any atom is 1.00 e. The fraction of sp³-hybridized carbons (Fsp3) is 0.162. The number of ether oxygens (including phenoxy) is 4. The number of nitriles is 3. The first-order valence-corrected chi connectivity index (χ1v) is 56.9. The van der Waals surface area contributed by atoms with Crippen molar-refractivity contribution in [1.82, 2.24) is 15.9 Å². The summed E-state index contributed by atoms with van der Waals surface area (Å²) in [5, 5.41) is 29.2. The van der Waals surface area contributed by atoms with E-state index in [0.29, 0.717) is 47.4 Å². The Morgan fingerprint density at radius 2 is 0.667 bits per heavy atom. The minimum atomic E-state index is -4.39. The molecule has 42 heteroatoms. The van der Waals surface area contributed by atoms with E-state index in [9.17, 15) is 62.0 Å². The van der Waals surface area contributed by atoms with Crippen molar-refractivity contribution in [2.24, 2.45) is 0 Å². The molecule has 147 heavy (non-hydrogen) atoms. The third-order valence-electron chi connectivity index (χ3n) is 21.2. The Bertz CT molecular complexity index is 8340. The van der Waals surface area contributed by atoms with Gasteiger partial charge in [-0.25, -0.2) is 68.7 Å². The number of carbonyl (C=O) groups excluding carboxylic acids is 4. The molecule has 0 radical (unpaired) electrons. The summed E-state index contributed by atoms with van der Waals surface area (Å²) in [4.78, 5) is 52.2. The molecular weight excluding hydrogens is 2160 g/mol. The van der Waals surface area contributed by atoms with Crippen molar-refractivity contribution in [3.63, 3.8) is 0 Å². The predicted octanol–water partition coefficient (Wildman–Crippen LogP) is 20.0. The summed E-state index contributed by atoms with van der Waals surface area (Å²) < 4.78 is 188. The molecule has 0 amide bonds. The number of benzene rings is 11. The topological polar surface area (TPSA) is 433 Å². The van der Waals surface area contributed by atoms with Gasteiger partial charge in [0.25, 0.3) is 52.8 Å². The van der Waals surface area contributed by atoms with Crippen molar-refractivity contribution < 1.29 is 119 Å². The summed E-state index contributed by atoms with van der Waals surface area (Å²) in [6.07, 6.45) is 9.05. The van der Waals surface area contributed by atoms with Crippen LogP contribution in [0, 0.1) is 69.1 Å². The van der Waals surface area contributed by atoms with Gasteiger partial charge in [-0.05, 0) is 288 Å². The van der Waals surface area contributed by atoms with Crippen LogP contribution < -0.4 is 45.4 Å². The summed E-state index contributed by atoms with van der Waals surface area (Å²) in [6, 6.07) is 71.2. The Labute approximate surface area is 894 Å². The van der Waals surface area contributed by atoms with Gasteiger partial charge >= 0.3 is 50.8 Å². The molecule has 0 aliphatic rings. The molecular formula is C105H96BrCl4LiN7O22P3S4. The molecule has 4 heterocycles. The van der Waals surface area contributed by atoms with Gasteiger partial charge in [0.05, 0.1) is 113 Å². The first-order valence-electron chi connectivity index (χ1n) is 43.9. The van der Waals surface area contributed by atoms with Crippen molar-refractivity contribution in [1.29, 1.82) is 15.8 Å². The van der Waals surface area contributed by atoms with Crippen LogP contribution in [0.3, 0.4) is 0 Å². The number of allylic oxidation sites excluding steroid dienone is 3. The Morgan fingerprint density at radius 3 is 1.02 bits per heavy atom. The fourth-order valence-corrected chi connectivity index (χ4v) is 29.3. The van der Waals surface area contributed by atoms with Gasteiger partial charge in [0.1, 0.15) is 13.7 Å². The molecule has 15 aromatic rings. The van der Waals surface area contributed by atoms with Crippen molar-refractivity contribution in [3.8, 4) is 18.2 Å². The molecule has 0 aliphatic carbocycles. The smallest absolute Gasteiger partial charge is 0.870 e. The Balaban J connectivity index is 0.000000231. The molecule has 0 fully saturated rings. The third kappa shape index (κ3) is 26.7. The molecule has 1 N–H and O–H groups in total. The second-order valence-corrected chi connectivity index (χ2v) is 47.2. The largest absolute Gasteiger partial charge is 1.00 e. The van der Waals surface area contributed by atoms with E-state index in [4.69, 9.17) is 90.2 Å². The second-order valence-electron chi connectivity index (χ2n) is 31.2. The van der Waals surface area contributed by atoms with Crippen LogP contribution >= 0.6 is 84.9 Å². The predicted molar refractivity (Wildman–Crippen MR) is 576 cm³/mol. The van der Waals surface area contributed by atoms with Crippen LogP contribution in [0.4, 0.5) is 0 Å². The zero-order valence-corrected chi connectivity index (χ0v) is 92.0. The van der Waals surface area contributed by atoms with Crippen LogP contribution in [0.1, 0.15) is 122 Å². The van der Waals surface area contributed by atoms with E-state index in [1.165, 1.54) is 139 Å². The SMILES string of the molecule is CCOC(=O)c1c(Br)c2cc(Cl)ccc2n1S(=O)(=O)c1ccccc1.CCOC(=O)c1c(P(=O)(OCC)c2cc(C)cc(/C=C/C#N)c2)c2cc(Cl)ccc2n1S(=O)(=O)c1ccccc1.CCOC(=O)c1c(P(C)(=O)c2cc(C)cc(/C=C/C#N)c2)c2cc(Cl)ccc2n1S(=O)(=O)c1ccccc1.CCOC(=O)c1c([P+](=O)OCC)c2cc(Cl)ccc2n1S(=O)(=O)c1ccccc1.Cc1cc(C)cc(/C=C/C#N)c1.[CH3-].[Li+].[OH-].